The van der Waals surface area contributed by atoms with Gasteiger partial charge in [-0.15, -0.1) is 11.8 Å². The van der Waals surface area contributed by atoms with Crippen molar-refractivity contribution < 1.29 is 4.79 Å². The normalized spacial score (nSPS) is 12.8. The zero-order chi connectivity index (χ0) is 6.57. The van der Waals surface area contributed by atoms with Gasteiger partial charge in [-0.25, -0.2) is 4.79 Å². The van der Waals surface area contributed by atoms with Crippen molar-refractivity contribution in [1.82, 2.24) is 5.32 Å². The lowest BCUT2D eigenvalue weighted by atomic mass is 10.7. The maximum Gasteiger partial charge on any atom is 0.313 e. The van der Waals surface area contributed by atoms with Crippen molar-refractivity contribution in [2.24, 2.45) is 5.73 Å². The second kappa shape index (κ2) is 3.60. The standard InChI is InChI=1S/C4H10N2OS/c1-3(8-2)6-4(5)7/h3H,1-2H3,(H3,5,6,7). The summed E-state index contributed by atoms with van der Waals surface area (Å²) in [6, 6.07) is -0.466. The molecule has 0 saturated carbocycles. The molecule has 1 atom stereocenters. The number of primary amides is 1. The molecule has 0 rings (SSSR count). The minimum absolute atomic E-state index is 0.118. The predicted octanol–water partition coefficient (Wildman–Crippen LogP) is 0.364. The molecule has 0 aliphatic rings. The molecule has 48 valence electrons. The Morgan fingerprint density at radius 3 is 2.50 bits per heavy atom. The lowest BCUT2D eigenvalue weighted by Crippen LogP contribution is -2.34. The van der Waals surface area contributed by atoms with Gasteiger partial charge in [-0.1, -0.05) is 0 Å². The van der Waals surface area contributed by atoms with Crippen molar-refractivity contribution in [3.05, 3.63) is 0 Å². The first-order valence-corrected chi connectivity index (χ1v) is 3.54. The highest BCUT2D eigenvalue weighted by Gasteiger charge is 1.97. The van der Waals surface area contributed by atoms with Crippen LogP contribution in [0.3, 0.4) is 0 Å². The van der Waals surface area contributed by atoms with Crippen LogP contribution in [-0.4, -0.2) is 17.7 Å². The van der Waals surface area contributed by atoms with Crippen LogP contribution < -0.4 is 11.1 Å². The highest BCUT2D eigenvalue weighted by molar-refractivity contribution is 7.99. The molecule has 0 spiro atoms. The Labute approximate surface area is 53.0 Å². The molecule has 0 fully saturated rings. The highest BCUT2D eigenvalue weighted by Crippen LogP contribution is 1.98. The van der Waals surface area contributed by atoms with E-state index in [1.54, 1.807) is 11.8 Å². The van der Waals surface area contributed by atoms with Crippen LogP contribution in [0.4, 0.5) is 4.79 Å². The summed E-state index contributed by atoms with van der Waals surface area (Å²) in [5.41, 5.74) is 4.81. The van der Waals surface area contributed by atoms with E-state index in [0.717, 1.165) is 0 Å². The van der Waals surface area contributed by atoms with Crippen LogP contribution in [0.5, 0.6) is 0 Å². The molecule has 0 bridgehead atoms. The molecule has 0 aromatic carbocycles. The molecule has 0 aliphatic carbocycles. The Morgan fingerprint density at radius 2 is 2.38 bits per heavy atom. The summed E-state index contributed by atoms with van der Waals surface area (Å²) in [5, 5.41) is 2.61. The number of nitrogens with one attached hydrogen (secondary N) is 1. The number of thioether (sulfide) groups is 1. The molecule has 2 amide bonds. The van der Waals surface area contributed by atoms with Crippen molar-refractivity contribution in [1.29, 1.82) is 0 Å². The van der Waals surface area contributed by atoms with Crippen LogP contribution in [0.1, 0.15) is 6.92 Å². The number of rotatable bonds is 2. The Bertz CT molecular complexity index is 86.1. The van der Waals surface area contributed by atoms with Gasteiger partial charge >= 0.3 is 6.03 Å². The van der Waals surface area contributed by atoms with Gasteiger partial charge in [-0.3, -0.25) is 0 Å². The van der Waals surface area contributed by atoms with E-state index in [-0.39, 0.29) is 5.37 Å². The minimum atomic E-state index is -0.466. The van der Waals surface area contributed by atoms with Crippen molar-refractivity contribution >= 4 is 17.8 Å². The molecule has 4 heteroatoms. The van der Waals surface area contributed by atoms with Crippen LogP contribution in [0.15, 0.2) is 0 Å². The lowest BCUT2D eigenvalue weighted by Gasteiger charge is -2.06. The van der Waals surface area contributed by atoms with Gasteiger partial charge in [-0.05, 0) is 13.2 Å². The summed E-state index contributed by atoms with van der Waals surface area (Å²) in [4.78, 5) is 10.1. The third-order valence-corrected chi connectivity index (χ3v) is 1.52. The first-order valence-electron chi connectivity index (χ1n) is 2.25. The fourth-order valence-electron chi connectivity index (χ4n) is 0.259. The summed E-state index contributed by atoms with van der Waals surface area (Å²) >= 11 is 1.54. The van der Waals surface area contributed by atoms with Gasteiger partial charge in [0.2, 0.25) is 0 Å². The van der Waals surface area contributed by atoms with Crippen LogP contribution in [0.2, 0.25) is 0 Å². The van der Waals surface area contributed by atoms with Crippen molar-refractivity contribution in [2.75, 3.05) is 6.26 Å². The van der Waals surface area contributed by atoms with E-state index in [2.05, 4.69) is 5.32 Å². The van der Waals surface area contributed by atoms with Crippen molar-refractivity contribution in [3.8, 4) is 0 Å². The molecule has 8 heavy (non-hydrogen) atoms. The Kier molecular flexibility index (Phi) is 3.43. The SMILES string of the molecule is CSC(C)NC(N)=O. The maximum atomic E-state index is 10.1. The van der Waals surface area contributed by atoms with Gasteiger partial charge in [-0.2, -0.15) is 0 Å². The molecule has 3 nitrogen and oxygen atoms in total. The topological polar surface area (TPSA) is 55.1 Å². The van der Waals surface area contributed by atoms with Gasteiger partial charge < -0.3 is 11.1 Å². The van der Waals surface area contributed by atoms with Gasteiger partial charge in [0.1, 0.15) is 0 Å². The highest BCUT2D eigenvalue weighted by atomic mass is 32.2. The number of hydrogen-bond acceptors (Lipinski definition) is 2. The number of carbonyl (C=O) groups is 1. The molecule has 0 aromatic heterocycles. The van der Waals surface area contributed by atoms with E-state index in [9.17, 15) is 4.79 Å². The van der Waals surface area contributed by atoms with E-state index in [0.29, 0.717) is 0 Å². The summed E-state index contributed by atoms with van der Waals surface area (Å²) < 4.78 is 0. The Morgan fingerprint density at radius 1 is 1.88 bits per heavy atom. The third kappa shape index (κ3) is 3.80. The zero-order valence-corrected chi connectivity index (χ0v) is 5.79. The number of amides is 2. The average molecular weight is 134 g/mol. The van der Waals surface area contributed by atoms with Crippen molar-refractivity contribution in [2.45, 2.75) is 12.3 Å². The molecule has 1 unspecified atom stereocenters. The second-order valence-corrected chi connectivity index (χ2v) is 2.57. The fraction of sp³-hybridized carbons (Fsp3) is 0.750. The first kappa shape index (κ1) is 7.62. The van der Waals surface area contributed by atoms with Gasteiger partial charge in [0.05, 0.1) is 5.37 Å². The summed E-state index contributed by atoms with van der Waals surface area (Å²) in [6.45, 7) is 1.87. The molecule has 0 saturated heterocycles. The number of hydrogen-bond donors (Lipinski definition) is 2. The molecule has 0 heterocycles. The largest absolute Gasteiger partial charge is 0.352 e. The van der Waals surface area contributed by atoms with E-state index in [1.807, 2.05) is 13.2 Å². The minimum Gasteiger partial charge on any atom is -0.352 e. The van der Waals surface area contributed by atoms with Crippen LogP contribution in [-0.2, 0) is 0 Å². The van der Waals surface area contributed by atoms with E-state index < -0.39 is 6.03 Å². The fourth-order valence-corrected chi connectivity index (χ4v) is 0.493. The van der Waals surface area contributed by atoms with Crippen LogP contribution in [0.25, 0.3) is 0 Å². The van der Waals surface area contributed by atoms with Gasteiger partial charge in [0.15, 0.2) is 0 Å². The molecular weight excluding hydrogens is 124 g/mol. The van der Waals surface area contributed by atoms with Crippen LogP contribution >= 0.6 is 11.8 Å². The number of nitrogens with two attached hydrogens (primary N) is 1. The maximum absolute atomic E-state index is 10.1. The molecule has 3 N–H and O–H groups in total. The molecule has 0 aromatic rings. The summed E-state index contributed by atoms with van der Waals surface area (Å²) in [6.07, 6.45) is 1.90. The van der Waals surface area contributed by atoms with Gasteiger partial charge in [0, 0.05) is 0 Å². The zero-order valence-electron chi connectivity index (χ0n) is 4.97. The summed E-state index contributed by atoms with van der Waals surface area (Å²) in [5.74, 6) is 0. The second-order valence-electron chi connectivity index (χ2n) is 1.39. The molecule has 0 radical (unpaired) electrons. The van der Waals surface area contributed by atoms with Crippen molar-refractivity contribution in [3.63, 3.8) is 0 Å². The third-order valence-electron chi connectivity index (χ3n) is 0.699. The average Bonchev–Trinajstić information content (AvgIpc) is 1.65. The van der Waals surface area contributed by atoms with E-state index in [1.165, 1.54) is 0 Å². The molecule has 0 aliphatic heterocycles. The summed E-state index contributed by atoms with van der Waals surface area (Å²) in [7, 11) is 0. The number of urea groups is 1. The monoisotopic (exact) mass is 134 g/mol. The number of carbonyl (C=O) groups excluding carboxylic acids is 1. The lowest BCUT2D eigenvalue weighted by molar-refractivity contribution is 0.248. The Balaban J connectivity index is 3.24. The molecular formula is C4H10N2OS. The predicted molar refractivity (Wildman–Crippen MR) is 35.7 cm³/mol. The van der Waals surface area contributed by atoms with Crippen LogP contribution in [0, 0.1) is 0 Å². The van der Waals surface area contributed by atoms with E-state index >= 15 is 0 Å². The Hall–Kier alpha value is -0.380. The quantitative estimate of drug-likeness (QED) is 0.536. The van der Waals surface area contributed by atoms with Gasteiger partial charge in [0.25, 0.3) is 0 Å². The smallest absolute Gasteiger partial charge is 0.313 e. The first-order chi connectivity index (χ1) is 3.66. The van der Waals surface area contributed by atoms with E-state index in [4.69, 9.17) is 5.73 Å².